The molecule has 1 atom stereocenters. The van der Waals surface area contributed by atoms with E-state index < -0.39 is 12.1 Å². The van der Waals surface area contributed by atoms with Gasteiger partial charge in [-0.1, -0.05) is 0 Å². The first-order chi connectivity index (χ1) is 8.18. The Labute approximate surface area is 97.6 Å². The molecule has 2 N–H and O–H groups in total. The monoisotopic (exact) mass is 236 g/mol. The lowest BCUT2D eigenvalue weighted by Crippen LogP contribution is -2.27. The van der Waals surface area contributed by atoms with Crippen molar-refractivity contribution in [1.82, 2.24) is 4.98 Å². The third-order valence-corrected chi connectivity index (χ3v) is 2.53. The largest absolute Gasteiger partial charge is 0.478 e. The maximum Gasteiger partial charge on any atom is 0.337 e. The van der Waals surface area contributed by atoms with Gasteiger partial charge in [0, 0.05) is 12.8 Å². The zero-order valence-corrected chi connectivity index (χ0v) is 9.05. The molecule has 1 amide bonds. The Bertz CT molecular complexity index is 441. The van der Waals surface area contributed by atoms with Gasteiger partial charge in [-0.15, -0.1) is 0 Å². The molecule has 1 aromatic heterocycles. The standard InChI is InChI=1S/C11H12N2O4/c14-10(9-2-1-5-17-9)13-8-6-12-4-3-7(8)11(15)16/h3-4,6,9H,1-2,5H2,(H,13,14)(H,15,16)/t9-/m1/s1. The molecular weight excluding hydrogens is 224 g/mol. The summed E-state index contributed by atoms with van der Waals surface area (Å²) in [4.78, 5) is 26.4. The highest BCUT2D eigenvalue weighted by Crippen LogP contribution is 2.17. The molecular formula is C11H12N2O4. The van der Waals surface area contributed by atoms with E-state index >= 15 is 0 Å². The number of aromatic carboxylic acids is 1. The summed E-state index contributed by atoms with van der Waals surface area (Å²) < 4.78 is 5.21. The van der Waals surface area contributed by atoms with Crippen molar-refractivity contribution in [2.75, 3.05) is 11.9 Å². The smallest absolute Gasteiger partial charge is 0.337 e. The van der Waals surface area contributed by atoms with Crippen LogP contribution in [0.2, 0.25) is 0 Å². The number of rotatable bonds is 3. The van der Waals surface area contributed by atoms with Gasteiger partial charge in [0.05, 0.1) is 17.4 Å². The number of aromatic nitrogens is 1. The lowest BCUT2D eigenvalue weighted by molar-refractivity contribution is -0.124. The number of carboxylic acids is 1. The first kappa shape index (κ1) is 11.5. The number of pyridine rings is 1. The molecule has 0 radical (unpaired) electrons. The van der Waals surface area contributed by atoms with Crippen LogP contribution < -0.4 is 5.32 Å². The van der Waals surface area contributed by atoms with Crippen LogP contribution in [0.15, 0.2) is 18.5 Å². The number of carbonyl (C=O) groups is 2. The van der Waals surface area contributed by atoms with Crippen LogP contribution in [0.3, 0.4) is 0 Å². The Morgan fingerprint density at radius 2 is 2.35 bits per heavy atom. The zero-order chi connectivity index (χ0) is 12.3. The molecule has 0 spiro atoms. The van der Waals surface area contributed by atoms with Crippen LogP contribution >= 0.6 is 0 Å². The zero-order valence-electron chi connectivity index (χ0n) is 9.05. The van der Waals surface area contributed by atoms with Crippen LogP contribution in [0.25, 0.3) is 0 Å². The molecule has 2 rings (SSSR count). The molecule has 0 unspecified atom stereocenters. The maximum absolute atomic E-state index is 11.7. The summed E-state index contributed by atoms with van der Waals surface area (Å²) in [7, 11) is 0. The second-order valence-electron chi connectivity index (χ2n) is 3.72. The molecule has 1 fully saturated rings. The predicted octanol–water partition coefficient (Wildman–Crippen LogP) is 0.897. The number of carbonyl (C=O) groups excluding carboxylic acids is 1. The van der Waals surface area contributed by atoms with E-state index in [1.807, 2.05) is 0 Å². The molecule has 0 saturated carbocycles. The first-order valence-corrected chi connectivity index (χ1v) is 5.28. The summed E-state index contributed by atoms with van der Waals surface area (Å²) in [6.45, 7) is 0.566. The average molecular weight is 236 g/mol. The van der Waals surface area contributed by atoms with Crippen molar-refractivity contribution in [1.29, 1.82) is 0 Å². The van der Waals surface area contributed by atoms with Gasteiger partial charge in [0.2, 0.25) is 0 Å². The minimum Gasteiger partial charge on any atom is -0.478 e. The molecule has 0 aliphatic carbocycles. The van der Waals surface area contributed by atoms with Crippen molar-refractivity contribution >= 4 is 17.6 Å². The van der Waals surface area contributed by atoms with Crippen molar-refractivity contribution in [2.45, 2.75) is 18.9 Å². The van der Waals surface area contributed by atoms with E-state index in [-0.39, 0.29) is 17.2 Å². The Kier molecular flexibility index (Phi) is 3.34. The van der Waals surface area contributed by atoms with Crippen molar-refractivity contribution in [3.8, 4) is 0 Å². The molecule has 17 heavy (non-hydrogen) atoms. The molecule has 2 heterocycles. The number of hydrogen-bond donors (Lipinski definition) is 2. The second-order valence-corrected chi connectivity index (χ2v) is 3.72. The van der Waals surface area contributed by atoms with Gasteiger partial charge in [-0.25, -0.2) is 4.79 Å². The minimum atomic E-state index is -1.10. The summed E-state index contributed by atoms with van der Waals surface area (Å²) in [5.74, 6) is -1.42. The molecule has 0 aromatic carbocycles. The van der Waals surface area contributed by atoms with Gasteiger partial charge >= 0.3 is 5.97 Å². The third kappa shape index (κ3) is 2.59. The summed E-state index contributed by atoms with van der Waals surface area (Å²) in [6.07, 6.45) is 3.70. The summed E-state index contributed by atoms with van der Waals surface area (Å²) in [5.41, 5.74) is 0.215. The van der Waals surface area contributed by atoms with Crippen LogP contribution in [0.4, 0.5) is 5.69 Å². The highest BCUT2D eigenvalue weighted by Gasteiger charge is 2.24. The molecule has 1 aliphatic rings. The van der Waals surface area contributed by atoms with E-state index in [2.05, 4.69) is 10.3 Å². The van der Waals surface area contributed by atoms with Crippen LogP contribution in [0.5, 0.6) is 0 Å². The molecule has 6 heteroatoms. The van der Waals surface area contributed by atoms with Gasteiger partial charge < -0.3 is 15.2 Å². The van der Waals surface area contributed by atoms with Crippen molar-refractivity contribution in [3.05, 3.63) is 24.0 Å². The topological polar surface area (TPSA) is 88.5 Å². The quantitative estimate of drug-likeness (QED) is 0.813. The van der Waals surface area contributed by atoms with Gasteiger partial charge in [0.1, 0.15) is 6.10 Å². The Balaban J connectivity index is 2.12. The number of ether oxygens (including phenoxy) is 1. The fourth-order valence-electron chi connectivity index (χ4n) is 1.68. The van der Waals surface area contributed by atoms with Crippen molar-refractivity contribution < 1.29 is 19.4 Å². The van der Waals surface area contributed by atoms with Crippen molar-refractivity contribution in [3.63, 3.8) is 0 Å². The van der Waals surface area contributed by atoms with E-state index in [4.69, 9.17) is 9.84 Å². The van der Waals surface area contributed by atoms with Gasteiger partial charge in [0.15, 0.2) is 0 Å². The molecule has 6 nitrogen and oxygen atoms in total. The Morgan fingerprint density at radius 3 is 3.00 bits per heavy atom. The van der Waals surface area contributed by atoms with Crippen LogP contribution in [-0.4, -0.2) is 34.7 Å². The van der Waals surface area contributed by atoms with E-state index in [9.17, 15) is 9.59 Å². The average Bonchev–Trinajstić information content (AvgIpc) is 2.83. The highest BCUT2D eigenvalue weighted by atomic mass is 16.5. The third-order valence-electron chi connectivity index (χ3n) is 2.53. The number of anilines is 1. The Morgan fingerprint density at radius 1 is 1.53 bits per heavy atom. The fourth-order valence-corrected chi connectivity index (χ4v) is 1.68. The lowest BCUT2D eigenvalue weighted by Gasteiger charge is -2.11. The van der Waals surface area contributed by atoms with Gasteiger partial charge in [-0.05, 0) is 18.9 Å². The van der Waals surface area contributed by atoms with E-state index in [1.54, 1.807) is 0 Å². The number of nitrogens with one attached hydrogen (secondary N) is 1. The van der Waals surface area contributed by atoms with Crippen molar-refractivity contribution in [2.24, 2.45) is 0 Å². The second kappa shape index (κ2) is 4.92. The fraction of sp³-hybridized carbons (Fsp3) is 0.364. The van der Waals surface area contributed by atoms with Gasteiger partial charge in [-0.3, -0.25) is 9.78 Å². The molecule has 1 aliphatic heterocycles. The van der Waals surface area contributed by atoms with Crippen LogP contribution in [0, 0.1) is 0 Å². The predicted molar refractivity (Wildman–Crippen MR) is 58.8 cm³/mol. The van der Waals surface area contributed by atoms with Gasteiger partial charge in [0.25, 0.3) is 5.91 Å². The van der Waals surface area contributed by atoms with Crippen LogP contribution in [-0.2, 0) is 9.53 Å². The van der Waals surface area contributed by atoms with Gasteiger partial charge in [-0.2, -0.15) is 0 Å². The summed E-state index contributed by atoms with van der Waals surface area (Å²) >= 11 is 0. The summed E-state index contributed by atoms with van der Waals surface area (Å²) in [5, 5.41) is 11.5. The molecule has 90 valence electrons. The first-order valence-electron chi connectivity index (χ1n) is 5.28. The molecule has 1 aromatic rings. The summed E-state index contributed by atoms with van der Waals surface area (Å²) in [6, 6.07) is 1.34. The number of carboxylic acid groups (broad SMARTS) is 1. The Hall–Kier alpha value is -1.95. The van der Waals surface area contributed by atoms with Crippen LogP contribution in [0.1, 0.15) is 23.2 Å². The van der Waals surface area contributed by atoms with E-state index in [1.165, 1.54) is 18.5 Å². The normalized spacial score (nSPS) is 18.9. The SMILES string of the molecule is O=C(O)c1ccncc1NC(=O)[C@H]1CCCO1. The lowest BCUT2D eigenvalue weighted by atomic mass is 10.2. The highest BCUT2D eigenvalue weighted by molar-refractivity contribution is 6.01. The molecule has 1 saturated heterocycles. The number of nitrogens with zero attached hydrogens (tertiary/aromatic N) is 1. The number of hydrogen-bond acceptors (Lipinski definition) is 4. The van der Waals surface area contributed by atoms with E-state index in [0.717, 1.165) is 6.42 Å². The minimum absolute atomic E-state index is 0.0198. The number of amides is 1. The maximum atomic E-state index is 11.7. The molecule has 0 bridgehead atoms. The van der Waals surface area contributed by atoms with E-state index in [0.29, 0.717) is 13.0 Å².